The summed E-state index contributed by atoms with van der Waals surface area (Å²) in [6.45, 7) is 1.21. The zero-order chi connectivity index (χ0) is 17.1. The Morgan fingerprint density at radius 1 is 1.17 bits per heavy atom. The first-order valence-corrected chi connectivity index (χ1v) is 7.78. The summed E-state index contributed by atoms with van der Waals surface area (Å²) in [5, 5.41) is 24.0. The highest BCUT2D eigenvalue weighted by Gasteiger charge is 2.20. The standard InChI is InChI=1S/C16H25N3O4/c17-8-3-1-2-4-9-18-14(16(22)23)11-15(21)19-12-6-5-7-13(20)10-12/h5-7,10,14,18,20H,1-4,8-9,11,17H2,(H,19,21)(H,22,23)/t14-/m1/s1. The first kappa shape index (κ1) is 18.9. The van der Waals surface area contributed by atoms with Crippen LogP contribution in [0.4, 0.5) is 5.69 Å². The minimum Gasteiger partial charge on any atom is -0.508 e. The van der Waals surface area contributed by atoms with Gasteiger partial charge in [-0.1, -0.05) is 18.9 Å². The predicted molar refractivity (Wildman–Crippen MR) is 88.3 cm³/mol. The first-order valence-electron chi connectivity index (χ1n) is 7.78. The van der Waals surface area contributed by atoms with E-state index in [0.29, 0.717) is 18.8 Å². The number of amides is 1. The van der Waals surface area contributed by atoms with Gasteiger partial charge in [0.15, 0.2) is 0 Å². The lowest BCUT2D eigenvalue weighted by Gasteiger charge is -2.14. The molecule has 0 saturated carbocycles. The molecule has 0 radical (unpaired) electrons. The first-order chi connectivity index (χ1) is 11.0. The van der Waals surface area contributed by atoms with Crippen LogP contribution in [0, 0.1) is 0 Å². The number of hydrogen-bond acceptors (Lipinski definition) is 5. The summed E-state index contributed by atoms with van der Waals surface area (Å²) in [5.41, 5.74) is 5.84. The summed E-state index contributed by atoms with van der Waals surface area (Å²) < 4.78 is 0. The topological polar surface area (TPSA) is 125 Å². The van der Waals surface area contributed by atoms with Crippen molar-refractivity contribution < 1.29 is 19.8 Å². The van der Waals surface area contributed by atoms with Gasteiger partial charge in [0.1, 0.15) is 11.8 Å². The molecule has 1 atom stereocenters. The molecule has 1 aromatic carbocycles. The number of unbranched alkanes of at least 4 members (excludes halogenated alkanes) is 3. The Labute approximate surface area is 135 Å². The van der Waals surface area contributed by atoms with E-state index >= 15 is 0 Å². The van der Waals surface area contributed by atoms with Crippen molar-refractivity contribution in [3.05, 3.63) is 24.3 Å². The predicted octanol–water partition coefficient (Wildman–Crippen LogP) is 1.28. The Bertz CT molecular complexity index is 508. The van der Waals surface area contributed by atoms with Crippen LogP contribution in [-0.4, -0.2) is 41.2 Å². The fourth-order valence-corrected chi connectivity index (χ4v) is 2.13. The largest absolute Gasteiger partial charge is 0.508 e. The maximum Gasteiger partial charge on any atom is 0.321 e. The number of phenolic OH excluding ortho intramolecular Hbond substituents is 1. The number of carbonyl (C=O) groups is 2. The number of benzene rings is 1. The number of rotatable bonds is 11. The Morgan fingerprint density at radius 3 is 2.57 bits per heavy atom. The second kappa shape index (κ2) is 10.6. The fourth-order valence-electron chi connectivity index (χ4n) is 2.13. The van der Waals surface area contributed by atoms with Crippen LogP contribution >= 0.6 is 0 Å². The lowest BCUT2D eigenvalue weighted by molar-refractivity contribution is -0.141. The molecule has 128 valence electrons. The van der Waals surface area contributed by atoms with Gasteiger partial charge in [0.05, 0.1) is 6.42 Å². The molecule has 0 heterocycles. The van der Waals surface area contributed by atoms with Crippen molar-refractivity contribution in [2.24, 2.45) is 5.73 Å². The summed E-state index contributed by atoms with van der Waals surface area (Å²) >= 11 is 0. The highest BCUT2D eigenvalue weighted by atomic mass is 16.4. The van der Waals surface area contributed by atoms with Gasteiger partial charge in [-0.2, -0.15) is 0 Å². The molecule has 1 amide bonds. The number of aromatic hydroxyl groups is 1. The van der Waals surface area contributed by atoms with E-state index in [1.54, 1.807) is 12.1 Å². The number of nitrogens with two attached hydrogens (primary N) is 1. The number of phenols is 1. The lowest BCUT2D eigenvalue weighted by Crippen LogP contribution is -2.40. The number of carboxylic acid groups (broad SMARTS) is 1. The van der Waals surface area contributed by atoms with Gasteiger partial charge in [-0.15, -0.1) is 0 Å². The molecule has 0 aliphatic heterocycles. The Hall–Kier alpha value is -2.12. The molecule has 23 heavy (non-hydrogen) atoms. The summed E-state index contributed by atoms with van der Waals surface area (Å²) in [5.74, 6) is -1.44. The molecule has 0 bridgehead atoms. The zero-order valence-electron chi connectivity index (χ0n) is 13.1. The maximum atomic E-state index is 11.9. The molecule has 1 rings (SSSR count). The summed E-state index contributed by atoms with van der Waals surface area (Å²) in [4.78, 5) is 23.1. The van der Waals surface area contributed by atoms with Gasteiger partial charge >= 0.3 is 5.97 Å². The van der Waals surface area contributed by atoms with Crippen molar-refractivity contribution >= 4 is 17.6 Å². The van der Waals surface area contributed by atoms with Crippen LogP contribution in [0.3, 0.4) is 0 Å². The average molecular weight is 323 g/mol. The molecule has 7 heteroatoms. The molecule has 6 N–H and O–H groups in total. The third-order valence-electron chi connectivity index (χ3n) is 3.34. The van der Waals surface area contributed by atoms with Gasteiger partial charge < -0.3 is 26.6 Å². The molecule has 0 fully saturated rings. The van der Waals surface area contributed by atoms with Crippen LogP contribution in [0.25, 0.3) is 0 Å². The third-order valence-corrected chi connectivity index (χ3v) is 3.34. The van der Waals surface area contributed by atoms with Crippen LogP contribution in [0.15, 0.2) is 24.3 Å². The second-order valence-electron chi connectivity index (χ2n) is 5.35. The molecule has 7 nitrogen and oxygen atoms in total. The number of carbonyl (C=O) groups excluding carboxylic acids is 1. The van der Waals surface area contributed by atoms with Crippen LogP contribution < -0.4 is 16.4 Å². The number of aliphatic carboxylic acids is 1. The van der Waals surface area contributed by atoms with Crippen molar-refractivity contribution in [3.63, 3.8) is 0 Å². The zero-order valence-corrected chi connectivity index (χ0v) is 13.1. The van der Waals surface area contributed by atoms with Crippen LogP contribution in [0.2, 0.25) is 0 Å². The summed E-state index contributed by atoms with van der Waals surface area (Å²) in [6.07, 6.45) is 3.64. The summed E-state index contributed by atoms with van der Waals surface area (Å²) in [6, 6.07) is 5.18. The van der Waals surface area contributed by atoms with E-state index in [9.17, 15) is 19.8 Å². The average Bonchev–Trinajstić information content (AvgIpc) is 2.49. The van der Waals surface area contributed by atoms with Crippen molar-refractivity contribution in [2.45, 2.75) is 38.1 Å². The Kier molecular flexibility index (Phi) is 8.71. The monoisotopic (exact) mass is 323 g/mol. The minimum absolute atomic E-state index is 0.0354. The van der Waals surface area contributed by atoms with Crippen molar-refractivity contribution in [2.75, 3.05) is 18.4 Å². The third kappa shape index (κ3) is 8.18. The molecule has 0 spiro atoms. The van der Waals surface area contributed by atoms with Gasteiger partial charge in [0, 0.05) is 11.8 Å². The number of nitrogens with one attached hydrogen (secondary N) is 2. The molecule has 0 aliphatic carbocycles. The van der Waals surface area contributed by atoms with Crippen LogP contribution in [0.1, 0.15) is 32.1 Å². The highest BCUT2D eigenvalue weighted by molar-refractivity contribution is 5.94. The van der Waals surface area contributed by atoms with Gasteiger partial charge in [-0.3, -0.25) is 9.59 Å². The quantitative estimate of drug-likeness (QED) is 0.391. The molecular formula is C16H25N3O4. The second-order valence-corrected chi connectivity index (χ2v) is 5.35. The van der Waals surface area contributed by atoms with E-state index in [1.807, 2.05) is 0 Å². The normalized spacial score (nSPS) is 11.9. The SMILES string of the molecule is NCCCCCCN[C@H](CC(=O)Nc1cccc(O)c1)C(=O)O. The maximum absolute atomic E-state index is 11.9. The lowest BCUT2D eigenvalue weighted by atomic mass is 10.1. The van der Waals surface area contributed by atoms with Gasteiger partial charge in [-0.05, 0) is 38.1 Å². The smallest absolute Gasteiger partial charge is 0.321 e. The van der Waals surface area contributed by atoms with E-state index in [1.165, 1.54) is 12.1 Å². The Balaban J connectivity index is 2.36. The molecule has 0 saturated heterocycles. The van der Waals surface area contributed by atoms with E-state index in [4.69, 9.17) is 5.73 Å². The molecular weight excluding hydrogens is 298 g/mol. The highest BCUT2D eigenvalue weighted by Crippen LogP contribution is 2.15. The van der Waals surface area contributed by atoms with Gasteiger partial charge in [-0.25, -0.2) is 0 Å². The van der Waals surface area contributed by atoms with Gasteiger partial charge in [0.2, 0.25) is 5.91 Å². The number of carboxylic acids is 1. The fraction of sp³-hybridized carbons (Fsp3) is 0.500. The van der Waals surface area contributed by atoms with E-state index in [-0.39, 0.29) is 12.2 Å². The van der Waals surface area contributed by atoms with Gasteiger partial charge in [0.25, 0.3) is 0 Å². The molecule has 0 aromatic heterocycles. The van der Waals surface area contributed by atoms with E-state index in [2.05, 4.69) is 10.6 Å². The van der Waals surface area contributed by atoms with Crippen molar-refractivity contribution in [1.82, 2.24) is 5.32 Å². The molecule has 0 aliphatic rings. The van der Waals surface area contributed by atoms with Crippen LogP contribution in [-0.2, 0) is 9.59 Å². The van der Waals surface area contributed by atoms with E-state index in [0.717, 1.165) is 25.7 Å². The van der Waals surface area contributed by atoms with Crippen molar-refractivity contribution in [3.8, 4) is 5.75 Å². The van der Waals surface area contributed by atoms with Crippen LogP contribution in [0.5, 0.6) is 5.75 Å². The van der Waals surface area contributed by atoms with E-state index < -0.39 is 17.9 Å². The number of hydrogen-bond donors (Lipinski definition) is 5. The molecule has 1 aromatic rings. The minimum atomic E-state index is -1.06. The number of anilines is 1. The summed E-state index contributed by atoms with van der Waals surface area (Å²) in [7, 11) is 0. The van der Waals surface area contributed by atoms with Crippen molar-refractivity contribution in [1.29, 1.82) is 0 Å². The molecule has 0 unspecified atom stereocenters. The Morgan fingerprint density at radius 2 is 1.91 bits per heavy atom.